The van der Waals surface area contributed by atoms with Gasteiger partial charge in [0, 0.05) is 78.7 Å². The molecule has 1 aromatic heterocycles. The summed E-state index contributed by atoms with van der Waals surface area (Å²) < 4.78 is 55.0. The monoisotopic (exact) mass is 595 g/mol. The largest absolute Gasteiger partial charge is 0.493 e. The number of nitrogens with two attached hydrogens (primary N) is 1. The minimum atomic E-state index is -1.05. The SMILES string of the molecule is COc1cc(N)c(C(=N)c2cc(F)c(N3CC4(C3)CN(S(C)=O)C4)c(F)c2)cc1OCc1c(Cl)cncc1Cl. The Morgan fingerprint density at radius 1 is 1.10 bits per heavy atom. The van der Waals surface area contributed by atoms with Crippen LogP contribution in [-0.4, -0.2) is 58.8 Å². The summed E-state index contributed by atoms with van der Waals surface area (Å²) in [5, 5.41) is 9.32. The van der Waals surface area contributed by atoms with Crippen molar-refractivity contribution in [2.45, 2.75) is 6.61 Å². The maximum Gasteiger partial charge on any atom is 0.162 e. The average molecular weight is 596 g/mol. The molecule has 0 saturated carbocycles. The van der Waals surface area contributed by atoms with Gasteiger partial charge in [0.2, 0.25) is 0 Å². The number of nitrogens with one attached hydrogen (secondary N) is 1. The fourth-order valence-electron chi connectivity index (χ4n) is 4.96. The highest BCUT2D eigenvalue weighted by Crippen LogP contribution is 2.44. The zero-order valence-electron chi connectivity index (χ0n) is 21.1. The molecule has 1 spiro atoms. The Hall–Kier alpha value is -2.99. The molecule has 3 heterocycles. The van der Waals surface area contributed by atoms with E-state index < -0.39 is 22.6 Å². The van der Waals surface area contributed by atoms with E-state index in [9.17, 15) is 4.21 Å². The van der Waals surface area contributed by atoms with Crippen LogP contribution in [0, 0.1) is 22.5 Å². The molecule has 206 valence electrons. The first kappa shape index (κ1) is 27.6. The lowest BCUT2D eigenvalue weighted by atomic mass is 9.74. The number of anilines is 2. The Kier molecular flexibility index (Phi) is 7.45. The van der Waals surface area contributed by atoms with E-state index in [2.05, 4.69) is 4.98 Å². The second-order valence-corrected chi connectivity index (χ2v) is 11.9. The van der Waals surface area contributed by atoms with E-state index in [1.807, 2.05) is 4.31 Å². The molecule has 0 bridgehead atoms. The predicted octanol–water partition coefficient (Wildman–Crippen LogP) is 4.67. The number of hydrogen-bond donors (Lipinski definition) is 2. The lowest BCUT2D eigenvalue weighted by Gasteiger charge is -2.60. The minimum absolute atomic E-state index is 0.0169. The number of pyridine rings is 1. The summed E-state index contributed by atoms with van der Waals surface area (Å²) in [5.41, 5.74) is 6.66. The lowest BCUT2D eigenvalue weighted by Crippen LogP contribution is -2.72. The maximum atomic E-state index is 15.2. The molecule has 0 radical (unpaired) electrons. The van der Waals surface area contributed by atoms with Gasteiger partial charge in [0.1, 0.15) is 23.9 Å². The molecule has 2 aliphatic heterocycles. The van der Waals surface area contributed by atoms with E-state index in [0.29, 0.717) is 47.5 Å². The van der Waals surface area contributed by atoms with Gasteiger partial charge in [-0.3, -0.25) is 10.4 Å². The molecule has 0 amide bonds. The van der Waals surface area contributed by atoms with Crippen molar-refractivity contribution in [3.63, 3.8) is 0 Å². The van der Waals surface area contributed by atoms with Crippen molar-refractivity contribution in [1.82, 2.24) is 9.29 Å². The van der Waals surface area contributed by atoms with Gasteiger partial charge in [0.05, 0.1) is 33.9 Å². The summed E-state index contributed by atoms with van der Waals surface area (Å²) in [5.74, 6) is -1.01. The number of nitrogens with zero attached hydrogens (tertiary/aromatic N) is 3. The molecule has 2 saturated heterocycles. The van der Waals surface area contributed by atoms with E-state index >= 15 is 8.78 Å². The topological polar surface area (TPSA) is 105 Å². The summed E-state index contributed by atoms with van der Waals surface area (Å²) >= 11 is 12.4. The van der Waals surface area contributed by atoms with Crippen LogP contribution in [0.3, 0.4) is 0 Å². The van der Waals surface area contributed by atoms with E-state index in [1.54, 1.807) is 11.2 Å². The molecule has 1 unspecified atom stereocenters. The molecule has 39 heavy (non-hydrogen) atoms. The number of ether oxygens (including phenoxy) is 2. The number of halogens is 4. The number of aromatic nitrogens is 1. The molecule has 13 heteroatoms. The van der Waals surface area contributed by atoms with E-state index in [-0.39, 0.29) is 46.0 Å². The average Bonchev–Trinajstić information content (AvgIpc) is 2.83. The molecule has 8 nitrogen and oxygen atoms in total. The molecule has 2 fully saturated rings. The van der Waals surface area contributed by atoms with Crippen molar-refractivity contribution in [3.05, 3.63) is 75.0 Å². The number of benzene rings is 2. The normalized spacial score (nSPS) is 16.9. The maximum absolute atomic E-state index is 15.2. The molecule has 2 aromatic carbocycles. The first-order chi connectivity index (χ1) is 18.5. The Morgan fingerprint density at radius 3 is 2.28 bits per heavy atom. The summed E-state index contributed by atoms with van der Waals surface area (Å²) in [4.78, 5) is 5.55. The van der Waals surface area contributed by atoms with Gasteiger partial charge < -0.3 is 20.1 Å². The molecule has 5 rings (SSSR count). The standard InChI is InChI=1S/C26H25Cl2F2N5O3S/c1-37-22-6-21(31)15(5-23(22)38-9-16-17(27)7-33-8-18(16)28)24(32)14-3-19(29)25(20(30)4-14)34-10-26(11-34)12-35(13-26)39(2)36/h3-8,32H,9-13,31H2,1-2H3. The summed E-state index contributed by atoms with van der Waals surface area (Å²) in [7, 11) is 0.389. The van der Waals surface area contributed by atoms with Crippen LogP contribution in [0.2, 0.25) is 10.0 Å². The molecular weight excluding hydrogens is 571 g/mol. The van der Waals surface area contributed by atoms with Gasteiger partial charge in [0.15, 0.2) is 11.5 Å². The Labute approximate surface area is 236 Å². The molecule has 3 aromatic rings. The van der Waals surface area contributed by atoms with Gasteiger partial charge in [0.25, 0.3) is 0 Å². The zero-order chi connectivity index (χ0) is 28.1. The van der Waals surface area contributed by atoms with Gasteiger partial charge in [-0.2, -0.15) is 0 Å². The van der Waals surface area contributed by atoms with Crippen LogP contribution in [0.5, 0.6) is 11.5 Å². The van der Waals surface area contributed by atoms with Crippen LogP contribution in [0.25, 0.3) is 0 Å². The van der Waals surface area contributed by atoms with Crippen LogP contribution in [0.4, 0.5) is 20.2 Å². The second kappa shape index (κ2) is 10.5. The van der Waals surface area contributed by atoms with Gasteiger partial charge in [-0.1, -0.05) is 23.2 Å². The Bertz CT molecular complexity index is 1450. The number of rotatable bonds is 8. The number of methoxy groups -OCH3 is 1. The third-order valence-electron chi connectivity index (χ3n) is 6.99. The van der Waals surface area contributed by atoms with Crippen LogP contribution < -0.4 is 20.1 Å². The fourth-order valence-corrected chi connectivity index (χ4v) is 6.35. The quantitative estimate of drug-likeness (QED) is 0.290. The number of hydrogen-bond acceptors (Lipinski definition) is 7. The van der Waals surface area contributed by atoms with Crippen molar-refractivity contribution in [1.29, 1.82) is 5.41 Å². The van der Waals surface area contributed by atoms with Crippen molar-refractivity contribution >= 4 is 51.3 Å². The highest BCUT2D eigenvalue weighted by atomic mass is 35.5. The Morgan fingerprint density at radius 2 is 1.72 bits per heavy atom. The van der Waals surface area contributed by atoms with Crippen LogP contribution in [0.1, 0.15) is 16.7 Å². The summed E-state index contributed by atoms with van der Waals surface area (Å²) in [6.07, 6.45) is 4.50. The first-order valence-electron chi connectivity index (χ1n) is 11.8. The molecule has 2 aliphatic rings. The summed E-state index contributed by atoms with van der Waals surface area (Å²) in [6, 6.07) is 5.20. The minimum Gasteiger partial charge on any atom is -0.493 e. The molecule has 0 aliphatic carbocycles. The van der Waals surface area contributed by atoms with Crippen LogP contribution >= 0.6 is 23.2 Å². The van der Waals surface area contributed by atoms with Crippen molar-refractivity contribution in [3.8, 4) is 11.5 Å². The smallest absolute Gasteiger partial charge is 0.162 e. The van der Waals surface area contributed by atoms with E-state index in [4.69, 9.17) is 43.8 Å². The third-order valence-corrected chi connectivity index (χ3v) is 8.63. The zero-order valence-corrected chi connectivity index (χ0v) is 23.4. The van der Waals surface area contributed by atoms with Gasteiger partial charge >= 0.3 is 0 Å². The predicted molar refractivity (Wildman–Crippen MR) is 149 cm³/mol. The molecule has 1 atom stereocenters. The molecule has 3 N–H and O–H groups in total. The van der Waals surface area contributed by atoms with E-state index in [1.165, 1.54) is 31.6 Å². The van der Waals surface area contributed by atoms with Crippen LogP contribution in [0.15, 0.2) is 36.7 Å². The fraction of sp³-hybridized carbons (Fsp3) is 0.308. The highest BCUT2D eigenvalue weighted by Gasteiger charge is 2.53. The third kappa shape index (κ3) is 5.16. The van der Waals surface area contributed by atoms with Crippen molar-refractivity contribution < 1.29 is 22.5 Å². The Balaban J connectivity index is 1.36. The molecular formula is C26H25Cl2F2N5O3S. The van der Waals surface area contributed by atoms with Gasteiger partial charge in [-0.05, 0) is 18.2 Å². The van der Waals surface area contributed by atoms with Gasteiger partial charge in [-0.15, -0.1) is 0 Å². The summed E-state index contributed by atoms with van der Waals surface area (Å²) in [6.45, 7) is 2.21. The lowest BCUT2D eigenvalue weighted by molar-refractivity contribution is 0.0430. The van der Waals surface area contributed by atoms with Crippen molar-refractivity contribution in [2.24, 2.45) is 5.41 Å². The van der Waals surface area contributed by atoms with Crippen LogP contribution in [-0.2, 0) is 17.6 Å². The van der Waals surface area contributed by atoms with E-state index in [0.717, 1.165) is 12.1 Å². The van der Waals surface area contributed by atoms with Gasteiger partial charge in [-0.25, -0.2) is 17.3 Å². The second-order valence-electron chi connectivity index (χ2n) is 9.70. The first-order valence-corrected chi connectivity index (χ1v) is 14.1. The number of nitrogen functional groups attached to an aromatic ring is 1. The van der Waals surface area contributed by atoms with Crippen molar-refractivity contribution in [2.75, 3.05) is 50.2 Å². The highest BCUT2D eigenvalue weighted by molar-refractivity contribution is 7.81.